The summed E-state index contributed by atoms with van der Waals surface area (Å²) in [5, 5.41) is 30.6. The van der Waals surface area contributed by atoms with E-state index in [0.29, 0.717) is 28.2 Å². The van der Waals surface area contributed by atoms with Gasteiger partial charge in [-0.2, -0.15) is 0 Å². The molecule has 2 aromatic carbocycles. The molecule has 2 amide bonds. The number of aliphatic imine (C=N–C) groups is 1. The lowest BCUT2D eigenvalue weighted by Gasteiger charge is -2.20. The summed E-state index contributed by atoms with van der Waals surface area (Å²) in [7, 11) is 0. The summed E-state index contributed by atoms with van der Waals surface area (Å²) >= 11 is 9.19. The lowest BCUT2D eigenvalue weighted by atomic mass is 10.0. The highest BCUT2D eigenvalue weighted by atomic mass is 79.9. The molecule has 1 atom stereocenters. The van der Waals surface area contributed by atoms with Crippen LogP contribution in [0.15, 0.2) is 45.9 Å². The van der Waals surface area contributed by atoms with E-state index in [4.69, 9.17) is 11.6 Å². The van der Waals surface area contributed by atoms with E-state index in [2.05, 4.69) is 42.2 Å². The maximum atomic E-state index is 12.5. The molecular formula is C21H21BrClN5O5. The topological polar surface area (TPSA) is 152 Å². The molecule has 0 bridgehead atoms. The van der Waals surface area contributed by atoms with Gasteiger partial charge in [-0.1, -0.05) is 33.6 Å². The van der Waals surface area contributed by atoms with Gasteiger partial charge in [0.1, 0.15) is 5.75 Å². The molecule has 0 aliphatic carbocycles. The Morgan fingerprint density at radius 3 is 2.73 bits per heavy atom. The van der Waals surface area contributed by atoms with Crippen LogP contribution in [0.5, 0.6) is 5.75 Å². The minimum atomic E-state index is -1.19. The van der Waals surface area contributed by atoms with Crippen LogP contribution in [0.3, 0.4) is 0 Å². The molecule has 174 valence electrons. The molecular weight excluding hydrogens is 518 g/mol. The number of nitrogens with one attached hydrogen (secondary N) is 4. The van der Waals surface area contributed by atoms with Crippen LogP contribution in [-0.2, 0) is 9.59 Å². The van der Waals surface area contributed by atoms with Crippen LogP contribution in [0, 0.1) is 0 Å². The smallest absolute Gasteiger partial charge is 0.305 e. The number of aromatic hydroxyl groups is 1. The number of benzene rings is 2. The normalized spacial score (nSPS) is 13.5. The van der Waals surface area contributed by atoms with Gasteiger partial charge in [0.2, 0.25) is 5.91 Å². The second-order valence-corrected chi connectivity index (χ2v) is 8.41. The lowest BCUT2D eigenvalue weighted by Crippen LogP contribution is -2.39. The van der Waals surface area contributed by atoms with Gasteiger partial charge in [-0.05, 0) is 30.3 Å². The number of amides is 2. The van der Waals surface area contributed by atoms with Crippen molar-refractivity contribution in [1.29, 1.82) is 0 Å². The molecule has 1 aliphatic heterocycles. The fraction of sp³-hybridized carbons (Fsp3) is 0.238. The first-order chi connectivity index (χ1) is 15.7. The van der Waals surface area contributed by atoms with E-state index in [0.717, 1.165) is 6.54 Å². The van der Waals surface area contributed by atoms with Crippen molar-refractivity contribution < 1.29 is 24.6 Å². The lowest BCUT2D eigenvalue weighted by molar-refractivity contribution is -0.137. The maximum Gasteiger partial charge on any atom is 0.305 e. The summed E-state index contributed by atoms with van der Waals surface area (Å²) in [4.78, 5) is 40.4. The van der Waals surface area contributed by atoms with Gasteiger partial charge >= 0.3 is 5.97 Å². The summed E-state index contributed by atoms with van der Waals surface area (Å²) in [6.45, 7) is 1.01. The van der Waals surface area contributed by atoms with Gasteiger partial charge in [-0.25, -0.2) is 0 Å². The summed E-state index contributed by atoms with van der Waals surface area (Å²) in [5.41, 5.74) is 1.12. The molecule has 10 nitrogen and oxygen atoms in total. The molecule has 0 spiro atoms. The molecule has 3 rings (SSSR count). The van der Waals surface area contributed by atoms with Gasteiger partial charge in [0.15, 0.2) is 5.96 Å². The fourth-order valence-corrected chi connectivity index (χ4v) is 3.96. The zero-order chi connectivity index (χ0) is 24.0. The number of phenolic OH excluding ortho intramolecular Hbond substituents is 1. The van der Waals surface area contributed by atoms with Gasteiger partial charge in [0.25, 0.3) is 5.91 Å². The van der Waals surface area contributed by atoms with E-state index < -0.39 is 36.8 Å². The summed E-state index contributed by atoms with van der Waals surface area (Å²) in [6, 6.07) is 8.53. The standard InChI is InChI=1S/C21H21BrClN5O5/c22-12-7-14(19(32)15(23)8-12)16(9-18(30)31)28-17(29)10-26-20(33)11-2-1-3-13(6-11)27-21-24-4-5-25-21/h1-3,6-8,16,32H,4-5,9-10H2,(H,26,33)(H,28,29)(H,30,31)(H2,24,25,27). The largest absolute Gasteiger partial charge is 0.506 e. The van der Waals surface area contributed by atoms with Crippen LogP contribution in [0.1, 0.15) is 28.4 Å². The van der Waals surface area contributed by atoms with Crippen molar-refractivity contribution in [2.45, 2.75) is 12.5 Å². The monoisotopic (exact) mass is 537 g/mol. The van der Waals surface area contributed by atoms with Gasteiger partial charge in [-0.3, -0.25) is 19.4 Å². The van der Waals surface area contributed by atoms with Gasteiger partial charge in [-0.15, -0.1) is 0 Å². The Balaban J connectivity index is 1.63. The summed E-state index contributed by atoms with van der Waals surface area (Å²) < 4.78 is 0.505. The van der Waals surface area contributed by atoms with Crippen molar-refractivity contribution in [3.05, 3.63) is 57.0 Å². The molecule has 0 fully saturated rings. The first-order valence-corrected chi connectivity index (χ1v) is 11.0. The second-order valence-electron chi connectivity index (χ2n) is 7.09. The van der Waals surface area contributed by atoms with Crippen LogP contribution < -0.4 is 21.3 Å². The number of hydrogen-bond acceptors (Lipinski definition) is 7. The number of carboxylic acids is 1. The van der Waals surface area contributed by atoms with Crippen molar-refractivity contribution in [1.82, 2.24) is 16.0 Å². The van der Waals surface area contributed by atoms with Crippen LogP contribution in [0.4, 0.5) is 5.69 Å². The first kappa shape index (κ1) is 24.3. The molecule has 2 aromatic rings. The number of carbonyl (C=O) groups is 3. The SMILES string of the molecule is O=C(O)CC(NC(=O)CNC(=O)c1cccc(NC2=NCCN2)c1)c1cc(Br)cc(Cl)c1O. The molecule has 0 radical (unpaired) electrons. The number of guanidine groups is 1. The maximum absolute atomic E-state index is 12.5. The Bertz CT molecular complexity index is 1110. The Hall–Kier alpha value is -3.31. The minimum Gasteiger partial charge on any atom is -0.506 e. The van der Waals surface area contributed by atoms with Crippen LogP contribution in [-0.4, -0.2) is 53.6 Å². The second kappa shape index (κ2) is 11.0. The average Bonchev–Trinajstić information content (AvgIpc) is 3.27. The number of carboxylic acid groups (broad SMARTS) is 1. The highest BCUT2D eigenvalue weighted by Gasteiger charge is 2.23. The van der Waals surface area contributed by atoms with E-state index in [9.17, 15) is 24.6 Å². The summed E-state index contributed by atoms with van der Waals surface area (Å²) in [6.07, 6.45) is -0.494. The van der Waals surface area contributed by atoms with Crippen molar-refractivity contribution in [2.75, 3.05) is 25.0 Å². The molecule has 0 saturated heterocycles. The fourth-order valence-electron chi connectivity index (χ4n) is 3.13. The third-order valence-electron chi connectivity index (χ3n) is 4.62. The number of halogens is 2. The Morgan fingerprint density at radius 2 is 2.03 bits per heavy atom. The van der Waals surface area contributed by atoms with Crippen LogP contribution in [0.2, 0.25) is 5.02 Å². The van der Waals surface area contributed by atoms with Crippen LogP contribution >= 0.6 is 27.5 Å². The van der Waals surface area contributed by atoms with E-state index >= 15 is 0 Å². The number of phenols is 1. The van der Waals surface area contributed by atoms with Crippen molar-refractivity contribution >= 4 is 57.0 Å². The molecule has 6 N–H and O–H groups in total. The van der Waals surface area contributed by atoms with E-state index in [1.54, 1.807) is 24.3 Å². The predicted octanol–water partition coefficient (Wildman–Crippen LogP) is 2.24. The number of anilines is 1. The molecule has 1 unspecified atom stereocenters. The van der Waals surface area contributed by atoms with Crippen molar-refractivity contribution in [2.24, 2.45) is 4.99 Å². The number of nitrogens with zero attached hydrogens (tertiary/aromatic N) is 1. The Labute approximate surface area is 202 Å². The number of rotatable bonds is 8. The van der Waals surface area contributed by atoms with E-state index in [-0.39, 0.29) is 16.3 Å². The minimum absolute atomic E-state index is 0.00424. The molecule has 0 aromatic heterocycles. The Morgan fingerprint density at radius 1 is 1.24 bits per heavy atom. The van der Waals surface area contributed by atoms with Crippen molar-refractivity contribution in [3.63, 3.8) is 0 Å². The molecule has 1 heterocycles. The van der Waals surface area contributed by atoms with Crippen LogP contribution in [0.25, 0.3) is 0 Å². The van der Waals surface area contributed by atoms with Gasteiger partial charge in [0.05, 0.1) is 30.6 Å². The molecule has 33 heavy (non-hydrogen) atoms. The Kier molecular flexibility index (Phi) is 8.12. The average molecular weight is 539 g/mol. The molecule has 0 saturated carbocycles. The zero-order valence-electron chi connectivity index (χ0n) is 17.2. The molecule has 12 heteroatoms. The predicted molar refractivity (Wildman–Crippen MR) is 127 cm³/mol. The number of carbonyl (C=O) groups excluding carboxylic acids is 2. The van der Waals surface area contributed by atoms with Gasteiger partial charge < -0.3 is 31.5 Å². The highest BCUT2D eigenvalue weighted by molar-refractivity contribution is 9.10. The third kappa shape index (κ3) is 6.83. The van der Waals surface area contributed by atoms with E-state index in [1.807, 2.05) is 0 Å². The first-order valence-electron chi connectivity index (χ1n) is 9.85. The quantitative estimate of drug-likeness (QED) is 0.301. The van der Waals surface area contributed by atoms with E-state index in [1.165, 1.54) is 12.1 Å². The third-order valence-corrected chi connectivity index (χ3v) is 5.36. The number of aliphatic carboxylic acids is 1. The summed E-state index contributed by atoms with van der Waals surface area (Å²) in [5.74, 6) is -2.03. The molecule has 1 aliphatic rings. The number of hydrogen-bond donors (Lipinski definition) is 6. The highest BCUT2D eigenvalue weighted by Crippen LogP contribution is 2.36. The van der Waals surface area contributed by atoms with Gasteiger partial charge in [0, 0.05) is 27.8 Å². The van der Waals surface area contributed by atoms with Crippen molar-refractivity contribution in [3.8, 4) is 5.75 Å². The zero-order valence-corrected chi connectivity index (χ0v) is 19.5.